The van der Waals surface area contributed by atoms with Gasteiger partial charge in [0.2, 0.25) is 11.3 Å². The maximum absolute atomic E-state index is 5.22. The zero-order valence-electron chi connectivity index (χ0n) is 16.0. The van der Waals surface area contributed by atoms with Gasteiger partial charge in [0.05, 0.1) is 6.61 Å². The summed E-state index contributed by atoms with van der Waals surface area (Å²) in [4.78, 5) is 11.7. The molecule has 0 unspecified atom stereocenters. The molecule has 2 aromatic heterocycles. The van der Waals surface area contributed by atoms with Crippen molar-refractivity contribution in [3.63, 3.8) is 0 Å². The van der Waals surface area contributed by atoms with Crippen LogP contribution in [-0.4, -0.2) is 71.1 Å². The highest BCUT2D eigenvalue weighted by Gasteiger charge is 2.22. The predicted octanol–water partition coefficient (Wildman–Crippen LogP) is 2.14. The number of hydrogen-bond donors (Lipinski definition) is 2. The van der Waals surface area contributed by atoms with Gasteiger partial charge in [-0.25, -0.2) is 14.6 Å². The SMILES string of the molecule is COCCN1CCC[C@H](CNc2nc3nonc3nc2NC2CCCC2)C1. The first-order valence-corrected chi connectivity index (χ1v) is 10.0. The monoisotopic (exact) mass is 375 g/mol. The molecule has 27 heavy (non-hydrogen) atoms. The first-order valence-electron chi connectivity index (χ1n) is 10.0. The molecule has 2 fully saturated rings. The molecule has 2 aliphatic rings. The van der Waals surface area contributed by atoms with Crippen LogP contribution in [0, 0.1) is 5.92 Å². The normalized spacial score (nSPS) is 21.7. The minimum absolute atomic E-state index is 0.444. The van der Waals surface area contributed by atoms with Crippen LogP contribution in [0.15, 0.2) is 4.63 Å². The lowest BCUT2D eigenvalue weighted by Gasteiger charge is -2.32. The fourth-order valence-corrected chi connectivity index (χ4v) is 4.11. The van der Waals surface area contributed by atoms with E-state index in [0.29, 0.717) is 23.3 Å². The highest BCUT2D eigenvalue weighted by atomic mass is 16.6. The smallest absolute Gasteiger partial charge is 0.245 e. The van der Waals surface area contributed by atoms with Crippen LogP contribution in [0.5, 0.6) is 0 Å². The lowest BCUT2D eigenvalue weighted by atomic mass is 9.98. The molecule has 1 atom stereocenters. The Kier molecular flexibility index (Phi) is 5.98. The van der Waals surface area contributed by atoms with Crippen molar-refractivity contribution >= 4 is 22.9 Å². The molecule has 1 aliphatic carbocycles. The Bertz CT molecular complexity index is 732. The third-order valence-corrected chi connectivity index (χ3v) is 5.58. The first-order chi connectivity index (χ1) is 13.3. The summed E-state index contributed by atoms with van der Waals surface area (Å²) in [7, 11) is 1.76. The van der Waals surface area contributed by atoms with E-state index in [2.05, 4.69) is 35.8 Å². The topological polar surface area (TPSA) is 101 Å². The van der Waals surface area contributed by atoms with E-state index in [1.54, 1.807) is 7.11 Å². The van der Waals surface area contributed by atoms with E-state index in [4.69, 9.17) is 9.37 Å². The summed E-state index contributed by atoms with van der Waals surface area (Å²) < 4.78 is 10.0. The van der Waals surface area contributed by atoms with E-state index in [0.717, 1.165) is 44.4 Å². The minimum Gasteiger partial charge on any atom is -0.383 e. The van der Waals surface area contributed by atoms with E-state index >= 15 is 0 Å². The number of likely N-dealkylation sites (tertiary alicyclic amines) is 1. The van der Waals surface area contributed by atoms with Crippen LogP contribution in [-0.2, 0) is 4.74 Å². The van der Waals surface area contributed by atoms with Gasteiger partial charge in [-0.15, -0.1) is 0 Å². The van der Waals surface area contributed by atoms with Gasteiger partial charge >= 0.3 is 0 Å². The number of methoxy groups -OCH3 is 1. The van der Waals surface area contributed by atoms with Crippen molar-refractivity contribution in [3.8, 4) is 0 Å². The first kappa shape index (κ1) is 18.4. The Morgan fingerprint density at radius 1 is 1.07 bits per heavy atom. The molecule has 1 saturated carbocycles. The zero-order chi connectivity index (χ0) is 18.5. The second kappa shape index (κ2) is 8.79. The van der Waals surface area contributed by atoms with E-state index in [9.17, 15) is 0 Å². The quantitative estimate of drug-likeness (QED) is 0.718. The van der Waals surface area contributed by atoms with Gasteiger partial charge in [-0.2, -0.15) is 0 Å². The second-order valence-electron chi connectivity index (χ2n) is 7.64. The van der Waals surface area contributed by atoms with E-state index in [1.165, 1.54) is 38.5 Å². The molecule has 0 bridgehead atoms. The molecule has 148 valence electrons. The Labute approximate surface area is 159 Å². The van der Waals surface area contributed by atoms with Crippen LogP contribution in [0.25, 0.3) is 11.3 Å². The molecule has 1 aliphatic heterocycles. The Hall–Kier alpha value is -2.00. The molecule has 2 N–H and O–H groups in total. The highest BCUT2D eigenvalue weighted by Crippen LogP contribution is 2.26. The van der Waals surface area contributed by atoms with Crippen molar-refractivity contribution < 1.29 is 9.37 Å². The molecule has 3 heterocycles. The van der Waals surface area contributed by atoms with Crippen molar-refractivity contribution in [3.05, 3.63) is 0 Å². The maximum Gasteiger partial charge on any atom is 0.245 e. The molecule has 0 aromatic carbocycles. The molecule has 1 saturated heterocycles. The molecule has 4 rings (SSSR count). The summed E-state index contributed by atoms with van der Waals surface area (Å²) >= 11 is 0. The van der Waals surface area contributed by atoms with Crippen LogP contribution in [0.3, 0.4) is 0 Å². The molecule has 9 nitrogen and oxygen atoms in total. The molecule has 2 aromatic rings. The van der Waals surface area contributed by atoms with Gasteiger partial charge in [0.15, 0.2) is 11.6 Å². The van der Waals surface area contributed by atoms with Gasteiger partial charge in [0, 0.05) is 32.8 Å². The van der Waals surface area contributed by atoms with Gasteiger partial charge in [-0.3, -0.25) is 0 Å². The van der Waals surface area contributed by atoms with Crippen LogP contribution < -0.4 is 10.6 Å². The molecule has 0 spiro atoms. The summed E-state index contributed by atoms with van der Waals surface area (Å²) in [5, 5.41) is 14.7. The van der Waals surface area contributed by atoms with Crippen molar-refractivity contribution in [1.29, 1.82) is 0 Å². The summed E-state index contributed by atoms with van der Waals surface area (Å²) in [5.74, 6) is 2.10. The zero-order valence-corrected chi connectivity index (χ0v) is 16.0. The minimum atomic E-state index is 0.444. The lowest BCUT2D eigenvalue weighted by molar-refractivity contribution is 0.117. The average Bonchev–Trinajstić information content (AvgIpc) is 3.36. The van der Waals surface area contributed by atoms with E-state index in [-0.39, 0.29) is 0 Å². The standard InChI is InChI=1S/C18H29N7O2/c1-26-10-9-25-8-4-5-13(12-25)11-19-15-16(20-14-6-2-3-7-14)22-18-17(21-15)23-27-24-18/h13-14H,2-12H2,1H3,(H,19,21,23)(H,20,22,24)/t13-/m1/s1. The lowest BCUT2D eigenvalue weighted by Crippen LogP contribution is -2.39. The number of nitrogens with zero attached hydrogens (tertiary/aromatic N) is 5. The van der Waals surface area contributed by atoms with Gasteiger partial charge in [-0.1, -0.05) is 12.8 Å². The molecule has 0 radical (unpaired) electrons. The molecular weight excluding hydrogens is 346 g/mol. The van der Waals surface area contributed by atoms with Gasteiger partial charge < -0.3 is 20.3 Å². The maximum atomic E-state index is 5.22. The largest absolute Gasteiger partial charge is 0.383 e. The average molecular weight is 375 g/mol. The Balaban J connectivity index is 1.42. The highest BCUT2D eigenvalue weighted by molar-refractivity contribution is 5.73. The Morgan fingerprint density at radius 2 is 1.85 bits per heavy atom. The fourth-order valence-electron chi connectivity index (χ4n) is 4.11. The van der Waals surface area contributed by atoms with Gasteiger partial charge in [-0.05, 0) is 48.5 Å². The summed E-state index contributed by atoms with van der Waals surface area (Å²) in [6.45, 7) is 4.90. The number of aromatic nitrogens is 4. The molecular formula is C18H29N7O2. The van der Waals surface area contributed by atoms with Gasteiger partial charge in [0.25, 0.3) is 0 Å². The number of nitrogens with one attached hydrogen (secondary N) is 2. The van der Waals surface area contributed by atoms with Crippen molar-refractivity contribution in [2.75, 3.05) is 50.5 Å². The van der Waals surface area contributed by atoms with E-state index in [1.807, 2.05) is 0 Å². The number of rotatable bonds is 8. The summed E-state index contributed by atoms with van der Waals surface area (Å²) in [6, 6.07) is 0.455. The number of hydrogen-bond acceptors (Lipinski definition) is 9. The number of anilines is 2. The number of ether oxygens (including phenoxy) is 1. The van der Waals surface area contributed by atoms with Crippen molar-refractivity contribution in [1.82, 2.24) is 25.2 Å². The number of fused-ring (bicyclic) bond motifs is 1. The third kappa shape index (κ3) is 4.65. The summed E-state index contributed by atoms with van der Waals surface area (Å²) in [6.07, 6.45) is 7.33. The van der Waals surface area contributed by atoms with E-state index < -0.39 is 0 Å². The number of piperidine rings is 1. The van der Waals surface area contributed by atoms with Crippen molar-refractivity contribution in [2.45, 2.75) is 44.6 Å². The molecule has 0 amide bonds. The second-order valence-corrected chi connectivity index (χ2v) is 7.64. The molecule has 9 heteroatoms. The third-order valence-electron chi connectivity index (χ3n) is 5.58. The summed E-state index contributed by atoms with van der Waals surface area (Å²) in [5.41, 5.74) is 0.893. The van der Waals surface area contributed by atoms with Crippen LogP contribution in [0.4, 0.5) is 11.6 Å². The predicted molar refractivity (Wildman–Crippen MR) is 103 cm³/mol. The fraction of sp³-hybridized carbons (Fsp3) is 0.778. The van der Waals surface area contributed by atoms with Crippen LogP contribution in [0.2, 0.25) is 0 Å². The Morgan fingerprint density at radius 3 is 2.63 bits per heavy atom. The van der Waals surface area contributed by atoms with Crippen LogP contribution >= 0.6 is 0 Å². The van der Waals surface area contributed by atoms with Crippen LogP contribution in [0.1, 0.15) is 38.5 Å². The van der Waals surface area contributed by atoms with Gasteiger partial charge in [0.1, 0.15) is 0 Å². The van der Waals surface area contributed by atoms with Crippen molar-refractivity contribution in [2.24, 2.45) is 5.92 Å².